The van der Waals surface area contributed by atoms with Crippen LogP contribution < -0.4 is 5.32 Å². The van der Waals surface area contributed by atoms with Crippen LogP contribution >= 0.6 is 11.8 Å². The van der Waals surface area contributed by atoms with Crippen molar-refractivity contribution in [1.82, 2.24) is 5.32 Å². The first kappa shape index (κ1) is 15.8. The van der Waals surface area contributed by atoms with E-state index in [1.54, 1.807) is 7.11 Å². The molecule has 1 aliphatic carbocycles. The molecule has 106 valence electrons. The third-order valence-corrected chi connectivity index (χ3v) is 4.87. The lowest BCUT2D eigenvalue weighted by Crippen LogP contribution is -2.55. The van der Waals surface area contributed by atoms with Gasteiger partial charge in [0.2, 0.25) is 0 Å². The van der Waals surface area contributed by atoms with E-state index in [2.05, 4.69) is 5.32 Å². The standard InChI is InChI=1S/C13H25NO3S/c1-3-14-13(12(15)16)7-4-6-11(10-13)18-9-5-8-17-2/h11,14H,3-10H2,1-2H3,(H,15,16). The van der Waals surface area contributed by atoms with Crippen LogP contribution in [0.25, 0.3) is 0 Å². The molecule has 2 atom stereocenters. The van der Waals surface area contributed by atoms with E-state index in [0.29, 0.717) is 11.8 Å². The average molecular weight is 275 g/mol. The summed E-state index contributed by atoms with van der Waals surface area (Å²) in [7, 11) is 1.71. The lowest BCUT2D eigenvalue weighted by atomic mass is 9.81. The zero-order valence-corrected chi connectivity index (χ0v) is 12.2. The topological polar surface area (TPSA) is 58.6 Å². The summed E-state index contributed by atoms with van der Waals surface area (Å²) < 4.78 is 5.03. The second-order valence-electron chi connectivity index (χ2n) is 4.85. The zero-order valence-electron chi connectivity index (χ0n) is 11.4. The molecule has 4 nitrogen and oxygen atoms in total. The van der Waals surface area contributed by atoms with Crippen LogP contribution in [0.5, 0.6) is 0 Å². The number of hydrogen-bond acceptors (Lipinski definition) is 4. The van der Waals surface area contributed by atoms with E-state index in [1.165, 1.54) is 0 Å². The van der Waals surface area contributed by atoms with E-state index in [-0.39, 0.29) is 0 Å². The number of aliphatic carboxylic acids is 1. The largest absolute Gasteiger partial charge is 0.480 e. The van der Waals surface area contributed by atoms with Crippen molar-refractivity contribution in [3.8, 4) is 0 Å². The molecule has 1 aliphatic rings. The highest BCUT2D eigenvalue weighted by Crippen LogP contribution is 2.35. The summed E-state index contributed by atoms with van der Waals surface area (Å²) in [6.45, 7) is 3.48. The summed E-state index contributed by atoms with van der Waals surface area (Å²) >= 11 is 1.90. The Morgan fingerprint density at radius 1 is 1.61 bits per heavy atom. The fourth-order valence-corrected chi connectivity index (χ4v) is 3.94. The van der Waals surface area contributed by atoms with Gasteiger partial charge in [0.1, 0.15) is 5.54 Å². The Kier molecular flexibility index (Phi) is 7.04. The van der Waals surface area contributed by atoms with Crippen molar-refractivity contribution in [1.29, 1.82) is 0 Å². The molecular formula is C13H25NO3S. The SMILES string of the molecule is CCNC1(C(=O)O)CCCC(SCCCOC)C1. The molecule has 0 radical (unpaired) electrons. The number of thioether (sulfide) groups is 1. The van der Waals surface area contributed by atoms with Crippen LogP contribution in [0.4, 0.5) is 0 Å². The van der Waals surface area contributed by atoms with Gasteiger partial charge in [0.15, 0.2) is 0 Å². The Bertz CT molecular complexity index is 259. The number of methoxy groups -OCH3 is 1. The lowest BCUT2D eigenvalue weighted by molar-refractivity contribution is -0.146. The molecule has 0 amide bonds. The molecule has 2 unspecified atom stereocenters. The van der Waals surface area contributed by atoms with Crippen LogP contribution in [0.3, 0.4) is 0 Å². The maximum Gasteiger partial charge on any atom is 0.323 e. The molecule has 0 saturated heterocycles. The van der Waals surface area contributed by atoms with Gasteiger partial charge in [0, 0.05) is 19.0 Å². The number of carbonyl (C=O) groups is 1. The van der Waals surface area contributed by atoms with E-state index >= 15 is 0 Å². The minimum absolute atomic E-state index is 0.464. The van der Waals surface area contributed by atoms with Crippen molar-refractivity contribution in [2.45, 2.75) is 49.8 Å². The third kappa shape index (κ3) is 4.44. The second kappa shape index (κ2) is 8.02. The number of ether oxygens (including phenoxy) is 1. The number of rotatable bonds is 8. The summed E-state index contributed by atoms with van der Waals surface area (Å²) in [4.78, 5) is 11.5. The molecule has 0 heterocycles. The van der Waals surface area contributed by atoms with Crippen molar-refractivity contribution >= 4 is 17.7 Å². The third-order valence-electron chi connectivity index (χ3n) is 3.48. The average Bonchev–Trinajstić information content (AvgIpc) is 2.35. The zero-order chi connectivity index (χ0) is 13.4. The molecule has 2 N–H and O–H groups in total. The Morgan fingerprint density at radius 3 is 3.00 bits per heavy atom. The monoisotopic (exact) mass is 275 g/mol. The predicted molar refractivity (Wildman–Crippen MR) is 75.3 cm³/mol. The predicted octanol–water partition coefficient (Wildman–Crippen LogP) is 2.13. The molecule has 0 aromatic carbocycles. The summed E-state index contributed by atoms with van der Waals surface area (Å²) in [5, 5.41) is 13.1. The molecule has 1 fully saturated rings. The van der Waals surface area contributed by atoms with Gasteiger partial charge >= 0.3 is 5.97 Å². The molecule has 1 rings (SSSR count). The fraction of sp³-hybridized carbons (Fsp3) is 0.923. The Labute approximate surface area is 114 Å². The van der Waals surface area contributed by atoms with Gasteiger partial charge in [-0.05, 0) is 44.4 Å². The van der Waals surface area contributed by atoms with Crippen LogP contribution in [-0.4, -0.2) is 47.9 Å². The molecule has 0 aromatic heterocycles. The first-order chi connectivity index (χ1) is 8.64. The molecule has 0 aliphatic heterocycles. The number of hydrogen-bond donors (Lipinski definition) is 2. The Morgan fingerprint density at radius 2 is 2.39 bits per heavy atom. The molecule has 5 heteroatoms. The van der Waals surface area contributed by atoms with E-state index < -0.39 is 11.5 Å². The number of carboxylic acids is 1. The molecule has 0 bridgehead atoms. The highest BCUT2D eigenvalue weighted by atomic mass is 32.2. The van der Waals surface area contributed by atoms with Crippen molar-refractivity contribution in [3.63, 3.8) is 0 Å². The highest BCUT2D eigenvalue weighted by molar-refractivity contribution is 7.99. The highest BCUT2D eigenvalue weighted by Gasteiger charge is 2.42. The minimum atomic E-state index is -0.689. The van der Waals surface area contributed by atoms with Crippen molar-refractivity contribution in [2.24, 2.45) is 0 Å². The molecular weight excluding hydrogens is 250 g/mol. The van der Waals surface area contributed by atoms with E-state index in [0.717, 1.165) is 44.5 Å². The van der Waals surface area contributed by atoms with Gasteiger partial charge in [-0.15, -0.1) is 0 Å². The van der Waals surface area contributed by atoms with Crippen molar-refractivity contribution < 1.29 is 14.6 Å². The van der Waals surface area contributed by atoms with E-state index in [9.17, 15) is 9.90 Å². The second-order valence-corrected chi connectivity index (χ2v) is 6.26. The van der Waals surface area contributed by atoms with Crippen LogP contribution in [0, 0.1) is 0 Å². The normalized spacial score (nSPS) is 28.2. The lowest BCUT2D eigenvalue weighted by Gasteiger charge is -2.38. The molecule has 0 spiro atoms. The van der Waals surface area contributed by atoms with Gasteiger partial charge < -0.3 is 15.2 Å². The van der Waals surface area contributed by atoms with Gasteiger partial charge in [-0.1, -0.05) is 6.92 Å². The summed E-state index contributed by atoms with van der Waals surface area (Å²) in [5.41, 5.74) is -0.689. The summed E-state index contributed by atoms with van der Waals surface area (Å²) in [6, 6.07) is 0. The van der Waals surface area contributed by atoms with Gasteiger partial charge in [-0.25, -0.2) is 0 Å². The molecule has 18 heavy (non-hydrogen) atoms. The van der Waals surface area contributed by atoms with E-state index in [4.69, 9.17) is 4.74 Å². The summed E-state index contributed by atoms with van der Waals surface area (Å²) in [5.74, 6) is 0.367. The number of likely N-dealkylation sites (N-methyl/N-ethyl adjacent to an activating group) is 1. The van der Waals surface area contributed by atoms with Gasteiger partial charge in [0.05, 0.1) is 0 Å². The van der Waals surface area contributed by atoms with Crippen LogP contribution in [-0.2, 0) is 9.53 Å². The first-order valence-electron chi connectivity index (χ1n) is 6.73. The maximum absolute atomic E-state index is 11.5. The minimum Gasteiger partial charge on any atom is -0.480 e. The fourth-order valence-electron chi connectivity index (χ4n) is 2.59. The van der Waals surface area contributed by atoms with Gasteiger partial charge in [-0.3, -0.25) is 4.79 Å². The molecule has 0 aromatic rings. The number of carboxylic acid groups (broad SMARTS) is 1. The van der Waals surface area contributed by atoms with Crippen molar-refractivity contribution in [3.05, 3.63) is 0 Å². The maximum atomic E-state index is 11.5. The Balaban J connectivity index is 2.45. The first-order valence-corrected chi connectivity index (χ1v) is 7.78. The van der Waals surface area contributed by atoms with E-state index in [1.807, 2.05) is 18.7 Å². The van der Waals surface area contributed by atoms with Crippen LogP contribution in [0.1, 0.15) is 39.0 Å². The smallest absolute Gasteiger partial charge is 0.323 e. The van der Waals surface area contributed by atoms with Crippen LogP contribution in [0.2, 0.25) is 0 Å². The quantitative estimate of drug-likeness (QED) is 0.665. The number of nitrogens with one attached hydrogen (secondary N) is 1. The van der Waals surface area contributed by atoms with Gasteiger partial charge in [0.25, 0.3) is 0 Å². The van der Waals surface area contributed by atoms with Crippen LogP contribution in [0.15, 0.2) is 0 Å². The molecule has 1 saturated carbocycles. The summed E-state index contributed by atoms with van der Waals surface area (Å²) in [6.07, 6.45) is 4.68. The van der Waals surface area contributed by atoms with Crippen molar-refractivity contribution in [2.75, 3.05) is 26.0 Å². The van der Waals surface area contributed by atoms with Gasteiger partial charge in [-0.2, -0.15) is 11.8 Å². The Hall–Kier alpha value is -0.260.